The van der Waals surface area contributed by atoms with Crippen molar-refractivity contribution in [2.75, 3.05) is 31.5 Å². The van der Waals surface area contributed by atoms with E-state index in [1.54, 1.807) is 11.3 Å². The summed E-state index contributed by atoms with van der Waals surface area (Å²) >= 11 is 1.79. The van der Waals surface area contributed by atoms with Crippen molar-refractivity contribution in [3.05, 3.63) is 46.8 Å². The van der Waals surface area contributed by atoms with E-state index in [-0.39, 0.29) is 6.03 Å². The number of piperazine rings is 1. The van der Waals surface area contributed by atoms with Crippen LogP contribution in [-0.2, 0) is 13.6 Å². The zero-order chi connectivity index (χ0) is 17.2. The van der Waals surface area contributed by atoms with Gasteiger partial charge in [0.25, 0.3) is 0 Å². The van der Waals surface area contributed by atoms with Crippen molar-refractivity contribution in [3.8, 4) is 0 Å². The molecule has 6 nitrogen and oxygen atoms in total. The number of carbonyl (C=O) groups is 1. The van der Waals surface area contributed by atoms with Crippen LogP contribution in [-0.4, -0.2) is 51.8 Å². The van der Waals surface area contributed by atoms with Crippen LogP contribution in [0.1, 0.15) is 4.88 Å². The Morgan fingerprint density at radius 3 is 2.84 bits per heavy atom. The van der Waals surface area contributed by atoms with E-state index in [4.69, 9.17) is 0 Å². The van der Waals surface area contributed by atoms with E-state index in [9.17, 15) is 4.79 Å². The van der Waals surface area contributed by atoms with E-state index >= 15 is 0 Å². The Morgan fingerprint density at radius 1 is 1.24 bits per heavy atom. The van der Waals surface area contributed by atoms with Crippen molar-refractivity contribution in [2.45, 2.75) is 6.54 Å². The van der Waals surface area contributed by atoms with E-state index < -0.39 is 0 Å². The number of carbonyl (C=O) groups excluding carboxylic acids is 1. The number of aryl methyl sites for hydroxylation is 1. The Morgan fingerprint density at radius 2 is 2.08 bits per heavy atom. The fourth-order valence-electron chi connectivity index (χ4n) is 3.18. The van der Waals surface area contributed by atoms with Gasteiger partial charge in [-0.3, -0.25) is 9.58 Å². The van der Waals surface area contributed by atoms with Crippen LogP contribution in [0.15, 0.2) is 41.9 Å². The summed E-state index contributed by atoms with van der Waals surface area (Å²) in [6.45, 7) is 4.31. The normalized spacial score (nSPS) is 15.6. The molecular weight excluding hydrogens is 334 g/mol. The minimum absolute atomic E-state index is 0.0287. The van der Waals surface area contributed by atoms with Crippen molar-refractivity contribution in [2.24, 2.45) is 7.05 Å². The van der Waals surface area contributed by atoms with Crippen LogP contribution < -0.4 is 5.32 Å². The third-order valence-corrected chi connectivity index (χ3v) is 5.48. The van der Waals surface area contributed by atoms with Gasteiger partial charge < -0.3 is 10.2 Å². The number of thiophene rings is 1. The maximum absolute atomic E-state index is 12.5. The van der Waals surface area contributed by atoms with Crippen LogP contribution in [0.25, 0.3) is 10.9 Å². The molecule has 0 atom stereocenters. The molecule has 1 aliphatic rings. The molecule has 3 heterocycles. The molecule has 130 valence electrons. The van der Waals surface area contributed by atoms with Gasteiger partial charge in [-0.05, 0) is 29.6 Å². The highest BCUT2D eigenvalue weighted by Gasteiger charge is 2.21. The minimum atomic E-state index is -0.0287. The Labute approximate surface area is 150 Å². The molecule has 1 aromatic carbocycles. The van der Waals surface area contributed by atoms with Gasteiger partial charge in [0.1, 0.15) is 0 Å². The molecule has 2 amide bonds. The fraction of sp³-hybridized carbons (Fsp3) is 0.333. The highest BCUT2D eigenvalue weighted by molar-refractivity contribution is 7.09. The van der Waals surface area contributed by atoms with Gasteiger partial charge in [-0.15, -0.1) is 11.3 Å². The zero-order valence-electron chi connectivity index (χ0n) is 14.2. The number of nitrogens with one attached hydrogen (secondary N) is 1. The van der Waals surface area contributed by atoms with Gasteiger partial charge in [-0.1, -0.05) is 6.07 Å². The van der Waals surface area contributed by atoms with Gasteiger partial charge in [-0.25, -0.2) is 4.79 Å². The molecule has 0 aliphatic carbocycles. The second kappa shape index (κ2) is 6.85. The molecule has 2 aromatic heterocycles. The molecule has 7 heteroatoms. The third-order valence-electron chi connectivity index (χ3n) is 4.62. The Balaban J connectivity index is 1.33. The highest BCUT2D eigenvalue weighted by atomic mass is 32.1. The predicted molar refractivity (Wildman–Crippen MR) is 101 cm³/mol. The number of rotatable bonds is 3. The summed E-state index contributed by atoms with van der Waals surface area (Å²) in [6, 6.07) is 10.1. The molecule has 0 bridgehead atoms. The fourth-order valence-corrected chi connectivity index (χ4v) is 3.92. The predicted octanol–water partition coefficient (Wildman–Crippen LogP) is 2.98. The van der Waals surface area contributed by atoms with Crippen molar-refractivity contribution >= 4 is 34.0 Å². The average Bonchev–Trinajstić information content (AvgIpc) is 3.25. The molecular formula is C18H21N5OS. The second-order valence-corrected chi connectivity index (χ2v) is 7.35. The minimum Gasteiger partial charge on any atom is -0.322 e. The van der Waals surface area contributed by atoms with Crippen molar-refractivity contribution in [1.82, 2.24) is 19.6 Å². The van der Waals surface area contributed by atoms with Gasteiger partial charge in [-0.2, -0.15) is 5.10 Å². The molecule has 4 rings (SSSR count). The molecule has 1 N–H and O–H groups in total. The van der Waals surface area contributed by atoms with Gasteiger partial charge in [0, 0.05) is 55.7 Å². The van der Waals surface area contributed by atoms with E-state index in [2.05, 4.69) is 32.8 Å². The van der Waals surface area contributed by atoms with Crippen LogP contribution >= 0.6 is 11.3 Å². The van der Waals surface area contributed by atoms with Crippen LogP contribution in [0, 0.1) is 0 Å². The quantitative estimate of drug-likeness (QED) is 0.786. The lowest BCUT2D eigenvalue weighted by Crippen LogP contribution is -2.49. The SMILES string of the molecule is Cn1ncc2cc(NC(=O)N3CCN(Cc4cccs4)CC3)ccc21. The molecule has 0 spiro atoms. The summed E-state index contributed by atoms with van der Waals surface area (Å²) in [6.07, 6.45) is 1.81. The van der Waals surface area contributed by atoms with Gasteiger partial charge in [0.2, 0.25) is 0 Å². The van der Waals surface area contributed by atoms with E-state index in [1.807, 2.05) is 41.0 Å². The van der Waals surface area contributed by atoms with Crippen LogP contribution in [0.2, 0.25) is 0 Å². The Kier molecular flexibility index (Phi) is 4.42. The number of hydrogen-bond acceptors (Lipinski definition) is 4. The lowest BCUT2D eigenvalue weighted by molar-refractivity contribution is 0.143. The highest BCUT2D eigenvalue weighted by Crippen LogP contribution is 2.19. The first-order valence-electron chi connectivity index (χ1n) is 8.41. The van der Waals surface area contributed by atoms with Gasteiger partial charge >= 0.3 is 6.03 Å². The smallest absolute Gasteiger partial charge is 0.321 e. The third kappa shape index (κ3) is 3.52. The monoisotopic (exact) mass is 355 g/mol. The topological polar surface area (TPSA) is 53.4 Å². The number of amides is 2. The molecule has 0 saturated carbocycles. The zero-order valence-corrected chi connectivity index (χ0v) is 15.0. The summed E-state index contributed by atoms with van der Waals surface area (Å²) in [5.41, 5.74) is 1.87. The maximum Gasteiger partial charge on any atom is 0.321 e. The van der Waals surface area contributed by atoms with Crippen LogP contribution in [0.4, 0.5) is 10.5 Å². The van der Waals surface area contributed by atoms with E-state index in [1.165, 1.54) is 4.88 Å². The average molecular weight is 355 g/mol. The van der Waals surface area contributed by atoms with E-state index in [0.29, 0.717) is 0 Å². The van der Waals surface area contributed by atoms with Crippen LogP contribution in [0.3, 0.4) is 0 Å². The summed E-state index contributed by atoms with van der Waals surface area (Å²) in [5, 5.41) is 10.4. The molecule has 1 fully saturated rings. The first-order chi connectivity index (χ1) is 12.2. The molecule has 3 aromatic rings. The summed E-state index contributed by atoms with van der Waals surface area (Å²) in [4.78, 5) is 18.2. The number of anilines is 1. The number of nitrogens with zero attached hydrogens (tertiary/aromatic N) is 4. The van der Waals surface area contributed by atoms with E-state index in [0.717, 1.165) is 49.3 Å². The lowest BCUT2D eigenvalue weighted by atomic mass is 10.2. The second-order valence-electron chi connectivity index (χ2n) is 6.31. The number of aromatic nitrogens is 2. The van der Waals surface area contributed by atoms with Crippen molar-refractivity contribution < 1.29 is 4.79 Å². The number of benzene rings is 1. The Hall–Kier alpha value is -2.38. The first-order valence-corrected chi connectivity index (χ1v) is 9.29. The largest absolute Gasteiger partial charge is 0.322 e. The number of urea groups is 1. The van der Waals surface area contributed by atoms with Gasteiger partial charge in [0.15, 0.2) is 0 Å². The molecule has 0 radical (unpaired) electrons. The number of fused-ring (bicyclic) bond motifs is 1. The van der Waals surface area contributed by atoms with Gasteiger partial charge in [0.05, 0.1) is 11.7 Å². The lowest BCUT2D eigenvalue weighted by Gasteiger charge is -2.34. The van der Waals surface area contributed by atoms with Crippen molar-refractivity contribution in [1.29, 1.82) is 0 Å². The van der Waals surface area contributed by atoms with Crippen molar-refractivity contribution in [3.63, 3.8) is 0 Å². The standard InChI is InChI=1S/C18H21N5OS/c1-21-17-5-4-15(11-14(17)12-19-21)20-18(24)23-8-6-22(7-9-23)13-16-3-2-10-25-16/h2-5,10-12H,6-9,13H2,1H3,(H,20,24). The summed E-state index contributed by atoms with van der Waals surface area (Å²) < 4.78 is 1.83. The molecule has 0 unspecified atom stereocenters. The van der Waals surface area contributed by atoms with Crippen LogP contribution in [0.5, 0.6) is 0 Å². The molecule has 1 saturated heterocycles. The molecule has 25 heavy (non-hydrogen) atoms. The first kappa shape index (κ1) is 16.1. The summed E-state index contributed by atoms with van der Waals surface area (Å²) in [7, 11) is 1.91. The Bertz CT molecular complexity index is 865. The maximum atomic E-state index is 12.5. The molecule has 1 aliphatic heterocycles. The number of hydrogen-bond donors (Lipinski definition) is 1. The summed E-state index contributed by atoms with van der Waals surface area (Å²) in [5.74, 6) is 0.